The fourth-order valence-corrected chi connectivity index (χ4v) is 3.36. The molecule has 0 amide bonds. The normalized spacial score (nSPS) is 20.0. The number of rotatable bonds is 3. The summed E-state index contributed by atoms with van der Waals surface area (Å²) in [7, 11) is 1.92. The molecule has 0 radical (unpaired) electrons. The maximum absolute atomic E-state index is 5.74. The molecule has 1 aromatic heterocycles. The summed E-state index contributed by atoms with van der Waals surface area (Å²) < 4.78 is 1.83. The topological polar surface area (TPSA) is 55.9 Å². The van der Waals surface area contributed by atoms with Gasteiger partial charge in [0, 0.05) is 18.8 Å². The number of nitrogens with two attached hydrogens (primary N) is 1. The third kappa shape index (κ3) is 2.17. The van der Waals surface area contributed by atoms with Gasteiger partial charge in [-0.1, -0.05) is 12.2 Å². The van der Waals surface area contributed by atoms with Gasteiger partial charge in [-0.3, -0.25) is 4.68 Å². The van der Waals surface area contributed by atoms with Crippen LogP contribution in [0.2, 0.25) is 0 Å². The van der Waals surface area contributed by atoms with E-state index in [0.29, 0.717) is 11.0 Å². The second-order valence-corrected chi connectivity index (χ2v) is 5.59. The SMILES string of the molecule is Cc1nn(C)c(NC2CCSC2)c1C(N)=S. The Morgan fingerprint density at radius 3 is 3.00 bits per heavy atom. The zero-order chi connectivity index (χ0) is 11.7. The summed E-state index contributed by atoms with van der Waals surface area (Å²) in [6.07, 6.45) is 1.19. The Morgan fingerprint density at radius 2 is 2.44 bits per heavy atom. The largest absolute Gasteiger partial charge is 0.389 e. The number of hydrogen-bond acceptors (Lipinski definition) is 4. The fraction of sp³-hybridized carbons (Fsp3) is 0.600. The first-order valence-electron chi connectivity index (χ1n) is 5.27. The highest BCUT2D eigenvalue weighted by molar-refractivity contribution is 7.99. The molecule has 0 aliphatic carbocycles. The second kappa shape index (κ2) is 4.63. The van der Waals surface area contributed by atoms with E-state index >= 15 is 0 Å². The third-order valence-electron chi connectivity index (χ3n) is 2.74. The molecule has 1 aliphatic rings. The molecule has 3 N–H and O–H groups in total. The summed E-state index contributed by atoms with van der Waals surface area (Å²) in [6, 6.07) is 0.507. The maximum atomic E-state index is 5.74. The first-order valence-corrected chi connectivity index (χ1v) is 6.83. The van der Waals surface area contributed by atoms with Crippen molar-refractivity contribution < 1.29 is 0 Å². The molecule has 0 bridgehead atoms. The van der Waals surface area contributed by atoms with E-state index in [0.717, 1.165) is 22.8 Å². The summed E-state index contributed by atoms with van der Waals surface area (Å²) in [5.41, 5.74) is 7.51. The zero-order valence-electron chi connectivity index (χ0n) is 9.49. The number of nitrogens with zero attached hydrogens (tertiary/aromatic N) is 2. The molecule has 88 valence electrons. The van der Waals surface area contributed by atoms with Gasteiger partial charge in [-0.2, -0.15) is 16.9 Å². The minimum absolute atomic E-state index is 0.416. The first kappa shape index (κ1) is 11.7. The van der Waals surface area contributed by atoms with Crippen LogP contribution in [-0.2, 0) is 7.05 Å². The van der Waals surface area contributed by atoms with Crippen molar-refractivity contribution in [2.45, 2.75) is 19.4 Å². The van der Waals surface area contributed by atoms with Gasteiger partial charge in [-0.25, -0.2) is 0 Å². The number of hydrogen-bond donors (Lipinski definition) is 2. The van der Waals surface area contributed by atoms with Crippen LogP contribution in [0.3, 0.4) is 0 Å². The molecule has 1 unspecified atom stereocenters. The van der Waals surface area contributed by atoms with E-state index in [-0.39, 0.29) is 0 Å². The van der Waals surface area contributed by atoms with Crippen LogP contribution in [0, 0.1) is 6.92 Å². The quantitative estimate of drug-likeness (QED) is 0.798. The van der Waals surface area contributed by atoms with E-state index in [1.54, 1.807) is 0 Å². The van der Waals surface area contributed by atoms with Crippen LogP contribution in [0.1, 0.15) is 17.7 Å². The van der Waals surface area contributed by atoms with Crippen LogP contribution in [0.5, 0.6) is 0 Å². The predicted molar refractivity (Wildman–Crippen MR) is 73.2 cm³/mol. The van der Waals surface area contributed by atoms with Crippen molar-refractivity contribution in [2.75, 3.05) is 16.8 Å². The monoisotopic (exact) mass is 256 g/mol. The summed E-state index contributed by atoms with van der Waals surface area (Å²) in [5.74, 6) is 3.32. The maximum Gasteiger partial charge on any atom is 0.134 e. The molecular formula is C10H16N4S2. The highest BCUT2D eigenvalue weighted by Crippen LogP contribution is 2.24. The van der Waals surface area contributed by atoms with E-state index in [2.05, 4.69) is 10.4 Å². The number of nitrogens with one attached hydrogen (secondary N) is 1. The van der Waals surface area contributed by atoms with Crippen molar-refractivity contribution in [1.82, 2.24) is 9.78 Å². The van der Waals surface area contributed by atoms with Crippen LogP contribution in [-0.4, -0.2) is 32.3 Å². The molecule has 1 fully saturated rings. The molecular weight excluding hydrogens is 240 g/mol. The Labute approximate surface area is 105 Å². The third-order valence-corrected chi connectivity index (χ3v) is 4.11. The van der Waals surface area contributed by atoms with Gasteiger partial charge in [0.1, 0.15) is 10.8 Å². The Bertz CT molecular complexity index is 407. The second-order valence-electron chi connectivity index (χ2n) is 4.00. The van der Waals surface area contributed by atoms with Crippen LogP contribution in [0.25, 0.3) is 0 Å². The van der Waals surface area contributed by atoms with E-state index in [1.807, 2.05) is 30.4 Å². The van der Waals surface area contributed by atoms with E-state index in [9.17, 15) is 0 Å². The zero-order valence-corrected chi connectivity index (χ0v) is 11.1. The Hall–Kier alpha value is -0.750. The van der Waals surface area contributed by atoms with Gasteiger partial charge in [0.25, 0.3) is 0 Å². The first-order chi connectivity index (χ1) is 7.59. The van der Waals surface area contributed by atoms with Crippen molar-refractivity contribution in [3.63, 3.8) is 0 Å². The van der Waals surface area contributed by atoms with Gasteiger partial charge in [0.05, 0.1) is 11.3 Å². The molecule has 2 rings (SSSR count). The Balaban J connectivity index is 2.27. The van der Waals surface area contributed by atoms with E-state index in [4.69, 9.17) is 18.0 Å². The lowest BCUT2D eigenvalue weighted by Crippen LogP contribution is -2.23. The Morgan fingerprint density at radius 1 is 1.69 bits per heavy atom. The van der Waals surface area contributed by atoms with Gasteiger partial charge in [-0.15, -0.1) is 0 Å². The molecule has 1 aromatic rings. The molecule has 0 aromatic carbocycles. The van der Waals surface area contributed by atoms with E-state index in [1.165, 1.54) is 12.2 Å². The van der Waals surface area contributed by atoms with Crippen molar-refractivity contribution in [3.05, 3.63) is 11.3 Å². The number of aryl methyl sites for hydroxylation is 2. The van der Waals surface area contributed by atoms with Crippen molar-refractivity contribution in [2.24, 2.45) is 12.8 Å². The summed E-state index contributed by atoms with van der Waals surface area (Å²) in [5, 5.41) is 7.85. The fourth-order valence-electron chi connectivity index (χ4n) is 1.96. The molecule has 16 heavy (non-hydrogen) atoms. The molecule has 2 heterocycles. The lowest BCUT2D eigenvalue weighted by molar-refractivity contribution is 0.731. The highest BCUT2D eigenvalue weighted by Gasteiger charge is 2.21. The van der Waals surface area contributed by atoms with Crippen LogP contribution >= 0.6 is 24.0 Å². The van der Waals surface area contributed by atoms with Crippen molar-refractivity contribution in [1.29, 1.82) is 0 Å². The standard InChI is InChI=1S/C10H16N4S2/c1-6-8(9(11)15)10(14(2)13-6)12-7-3-4-16-5-7/h7,12H,3-5H2,1-2H3,(H2,11,15). The molecule has 1 atom stereocenters. The van der Waals surface area contributed by atoms with Gasteiger partial charge >= 0.3 is 0 Å². The van der Waals surface area contributed by atoms with Crippen LogP contribution in [0.4, 0.5) is 5.82 Å². The molecule has 4 nitrogen and oxygen atoms in total. The number of thiocarbonyl (C=S) groups is 1. The van der Waals surface area contributed by atoms with Gasteiger partial charge in [-0.05, 0) is 19.1 Å². The molecule has 0 spiro atoms. The van der Waals surface area contributed by atoms with Gasteiger partial charge in [0.15, 0.2) is 0 Å². The number of aromatic nitrogens is 2. The average molecular weight is 256 g/mol. The highest BCUT2D eigenvalue weighted by atomic mass is 32.2. The van der Waals surface area contributed by atoms with Crippen molar-refractivity contribution >= 4 is 34.8 Å². The molecule has 1 aliphatic heterocycles. The molecule has 0 saturated carbocycles. The Kier molecular flexibility index (Phi) is 3.39. The average Bonchev–Trinajstić information content (AvgIpc) is 2.76. The lowest BCUT2D eigenvalue weighted by atomic mass is 10.2. The molecule has 1 saturated heterocycles. The number of thioether (sulfide) groups is 1. The van der Waals surface area contributed by atoms with Gasteiger partial charge in [0.2, 0.25) is 0 Å². The summed E-state index contributed by atoms with van der Waals surface area (Å²) in [4.78, 5) is 0.416. The lowest BCUT2D eigenvalue weighted by Gasteiger charge is -2.14. The van der Waals surface area contributed by atoms with Crippen LogP contribution in [0.15, 0.2) is 0 Å². The van der Waals surface area contributed by atoms with Gasteiger partial charge < -0.3 is 11.1 Å². The van der Waals surface area contributed by atoms with Crippen molar-refractivity contribution in [3.8, 4) is 0 Å². The number of anilines is 1. The minimum Gasteiger partial charge on any atom is -0.389 e. The molecule has 6 heteroatoms. The smallest absolute Gasteiger partial charge is 0.134 e. The summed E-state index contributed by atoms with van der Waals surface area (Å²) >= 11 is 7.04. The summed E-state index contributed by atoms with van der Waals surface area (Å²) in [6.45, 7) is 1.93. The van der Waals surface area contributed by atoms with Crippen LogP contribution < -0.4 is 11.1 Å². The minimum atomic E-state index is 0.416. The predicted octanol–water partition coefficient (Wildman–Crippen LogP) is 1.28. The van der Waals surface area contributed by atoms with E-state index < -0.39 is 0 Å².